The first-order valence-corrected chi connectivity index (χ1v) is 8.77. The summed E-state index contributed by atoms with van der Waals surface area (Å²) in [6.07, 6.45) is -6.46. The highest BCUT2D eigenvalue weighted by Gasteiger charge is 2.45. The second-order valence-corrected chi connectivity index (χ2v) is 6.96. The van der Waals surface area contributed by atoms with E-state index in [4.69, 9.17) is 4.74 Å². The van der Waals surface area contributed by atoms with E-state index in [0.29, 0.717) is 5.82 Å². The Balaban J connectivity index is 1.76. The summed E-state index contributed by atoms with van der Waals surface area (Å²) in [4.78, 5) is 16.5. The van der Waals surface area contributed by atoms with Crippen LogP contribution in [-0.2, 0) is 11.8 Å². The van der Waals surface area contributed by atoms with E-state index in [0.717, 1.165) is 17.0 Å². The van der Waals surface area contributed by atoms with Crippen LogP contribution >= 0.6 is 11.3 Å². The Hall–Kier alpha value is -1.89. The first kappa shape index (κ1) is 18.9. The molecular weight excluding hydrogens is 364 g/mol. The largest absolute Gasteiger partial charge is 0.394 e. The average Bonchev–Trinajstić information content (AvgIpc) is 3.20. The maximum Gasteiger partial charge on any atom is 0.276 e. The van der Waals surface area contributed by atoms with Crippen molar-refractivity contribution in [1.82, 2.24) is 14.8 Å². The number of amides is 1. The molecule has 5 N–H and O–H groups in total. The molecule has 142 valence electrons. The highest BCUT2D eigenvalue weighted by molar-refractivity contribution is 7.09. The first-order valence-electron chi connectivity index (χ1n) is 7.89. The standard InChI is InChI=1S/C15H20N4O6S/c1-6-3-9(19(2)18-6)17-14(24)7-5-26-15(16-7)13-12(23)11(22)10(21)8(4-20)25-13/h3,5,8,10-13,20-23H,4H2,1-2H3,(H,17,24)/t8-,10+,11+,12-,13-/m1/s1. The number of hydrogen-bond acceptors (Lipinski definition) is 9. The average molecular weight is 384 g/mol. The van der Waals surface area contributed by atoms with E-state index in [1.807, 2.05) is 0 Å². The lowest BCUT2D eigenvalue weighted by Crippen LogP contribution is -2.55. The van der Waals surface area contributed by atoms with Crippen molar-refractivity contribution in [3.8, 4) is 0 Å². The van der Waals surface area contributed by atoms with E-state index in [1.54, 1.807) is 20.0 Å². The van der Waals surface area contributed by atoms with Gasteiger partial charge in [0.1, 0.15) is 47.0 Å². The number of aliphatic hydroxyl groups is 4. The van der Waals surface area contributed by atoms with E-state index in [1.165, 1.54) is 10.1 Å². The maximum atomic E-state index is 12.3. The van der Waals surface area contributed by atoms with Crippen LogP contribution in [-0.4, -0.2) is 72.1 Å². The van der Waals surface area contributed by atoms with Crippen LogP contribution in [0.25, 0.3) is 0 Å². The Bertz CT molecular complexity index is 791. The summed E-state index contributed by atoms with van der Waals surface area (Å²) in [5.41, 5.74) is 0.865. The van der Waals surface area contributed by atoms with Crippen LogP contribution in [0, 0.1) is 6.92 Å². The minimum Gasteiger partial charge on any atom is -0.394 e. The molecule has 1 fully saturated rings. The number of nitrogens with zero attached hydrogens (tertiary/aromatic N) is 3. The molecule has 0 aromatic carbocycles. The van der Waals surface area contributed by atoms with Crippen molar-refractivity contribution >= 4 is 23.1 Å². The quantitative estimate of drug-likeness (QED) is 0.448. The number of anilines is 1. The maximum absolute atomic E-state index is 12.3. The summed E-state index contributed by atoms with van der Waals surface area (Å²) in [5.74, 6) is 0.0509. The molecule has 11 heteroatoms. The van der Waals surface area contributed by atoms with Crippen molar-refractivity contribution in [3.63, 3.8) is 0 Å². The SMILES string of the molecule is Cc1cc(NC(=O)c2csc([C@@H]3O[C@H](CO)[C@H](O)[C@H](O)[C@H]3O)n2)n(C)n1. The van der Waals surface area contributed by atoms with Crippen molar-refractivity contribution in [1.29, 1.82) is 0 Å². The number of aromatic nitrogens is 3. The lowest BCUT2D eigenvalue weighted by atomic mass is 9.95. The topological polar surface area (TPSA) is 150 Å². The molecule has 2 aromatic rings. The summed E-state index contributed by atoms with van der Waals surface area (Å²) in [6.45, 7) is 1.27. The molecule has 1 saturated heterocycles. The van der Waals surface area contributed by atoms with Crippen LogP contribution < -0.4 is 5.32 Å². The van der Waals surface area contributed by atoms with Crippen molar-refractivity contribution in [3.05, 3.63) is 27.8 Å². The molecule has 10 nitrogen and oxygen atoms in total. The number of aryl methyl sites for hydroxylation is 2. The molecule has 0 saturated carbocycles. The molecule has 0 radical (unpaired) electrons. The van der Waals surface area contributed by atoms with Gasteiger partial charge in [-0.2, -0.15) is 5.10 Å². The van der Waals surface area contributed by atoms with Gasteiger partial charge in [-0.05, 0) is 6.92 Å². The summed E-state index contributed by atoms with van der Waals surface area (Å²) in [6, 6.07) is 1.71. The van der Waals surface area contributed by atoms with Gasteiger partial charge in [-0.15, -0.1) is 11.3 Å². The highest BCUT2D eigenvalue weighted by atomic mass is 32.1. The number of nitrogens with one attached hydrogen (secondary N) is 1. The van der Waals surface area contributed by atoms with Gasteiger partial charge < -0.3 is 30.5 Å². The van der Waals surface area contributed by atoms with Crippen LogP contribution in [0.5, 0.6) is 0 Å². The van der Waals surface area contributed by atoms with Crippen LogP contribution in [0.3, 0.4) is 0 Å². The molecule has 3 heterocycles. The van der Waals surface area contributed by atoms with Gasteiger partial charge in [0.25, 0.3) is 5.91 Å². The van der Waals surface area contributed by atoms with Gasteiger partial charge in [-0.3, -0.25) is 9.48 Å². The Labute approximate surface area is 152 Å². The van der Waals surface area contributed by atoms with Crippen LogP contribution in [0.1, 0.15) is 27.3 Å². The zero-order valence-electron chi connectivity index (χ0n) is 14.1. The van der Waals surface area contributed by atoms with Gasteiger partial charge in [-0.1, -0.05) is 0 Å². The molecule has 1 aliphatic heterocycles. The van der Waals surface area contributed by atoms with Crippen molar-refractivity contribution < 1.29 is 30.0 Å². The Morgan fingerprint density at radius 2 is 2.08 bits per heavy atom. The summed E-state index contributed by atoms with van der Waals surface area (Å²) < 4.78 is 6.97. The number of ether oxygens (including phenoxy) is 1. The normalized spacial score (nSPS) is 28.9. The number of aliphatic hydroxyl groups excluding tert-OH is 4. The van der Waals surface area contributed by atoms with E-state index in [9.17, 15) is 25.2 Å². The Morgan fingerprint density at radius 1 is 1.35 bits per heavy atom. The number of carbonyl (C=O) groups is 1. The van der Waals surface area contributed by atoms with Gasteiger partial charge in [0.05, 0.1) is 12.3 Å². The fraction of sp³-hybridized carbons (Fsp3) is 0.533. The van der Waals surface area contributed by atoms with Gasteiger partial charge >= 0.3 is 0 Å². The van der Waals surface area contributed by atoms with Gasteiger partial charge in [0, 0.05) is 18.5 Å². The molecule has 1 amide bonds. The van der Waals surface area contributed by atoms with E-state index in [2.05, 4.69) is 15.4 Å². The number of hydrogen-bond donors (Lipinski definition) is 5. The van der Waals surface area contributed by atoms with Crippen LogP contribution in [0.2, 0.25) is 0 Å². The molecule has 2 aromatic heterocycles. The van der Waals surface area contributed by atoms with Gasteiger partial charge in [0.2, 0.25) is 0 Å². The smallest absolute Gasteiger partial charge is 0.276 e. The van der Waals surface area contributed by atoms with Crippen molar-refractivity contribution in [2.24, 2.45) is 7.05 Å². The molecule has 0 bridgehead atoms. The predicted octanol–water partition coefficient (Wildman–Crippen LogP) is -1.05. The monoisotopic (exact) mass is 384 g/mol. The lowest BCUT2D eigenvalue weighted by molar-refractivity contribution is -0.231. The highest BCUT2D eigenvalue weighted by Crippen LogP contribution is 2.34. The molecule has 3 rings (SSSR count). The van der Waals surface area contributed by atoms with Gasteiger partial charge in [0.15, 0.2) is 0 Å². The molecule has 26 heavy (non-hydrogen) atoms. The fourth-order valence-electron chi connectivity index (χ4n) is 2.74. The molecule has 0 spiro atoms. The number of carbonyl (C=O) groups excluding carboxylic acids is 1. The second kappa shape index (κ2) is 7.39. The summed E-state index contributed by atoms with van der Waals surface area (Å²) >= 11 is 1.07. The van der Waals surface area contributed by atoms with E-state index >= 15 is 0 Å². The zero-order valence-corrected chi connectivity index (χ0v) is 14.9. The molecule has 5 atom stereocenters. The fourth-order valence-corrected chi connectivity index (χ4v) is 3.61. The molecule has 0 unspecified atom stereocenters. The first-order chi connectivity index (χ1) is 12.3. The number of thiazole rings is 1. The molecule has 1 aliphatic rings. The summed E-state index contributed by atoms with van der Waals surface area (Å²) in [5, 5.41) is 47.6. The lowest BCUT2D eigenvalue weighted by Gasteiger charge is -2.39. The Morgan fingerprint density at radius 3 is 2.69 bits per heavy atom. The van der Waals surface area contributed by atoms with Gasteiger partial charge in [-0.25, -0.2) is 4.98 Å². The third kappa shape index (κ3) is 3.49. The van der Waals surface area contributed by atoms with Crippen molar-refractivity contribution in [2.45, 2.75) is 37.4 Å². The predicted molar refractivity (Wildman–Crippen MR) is 90.7 cm³/mol. The summed E-state index contributed by atoms with van der Waals surface area (Å²) in [7, 11) is 1.70. The number of rotatable bonds is 4. The zero-order chi connectivity index (χ0) is 19.0. The molecular formula is C15H20N4O6S. The van der Waals surface area contributed by atoms with Crippen molar-refractivity contribution in [2.75, 3.05) is 11.9 Å². The van der Waals surface area contributed by atoms with E-state index < -0.39 is 43.0 Å². The van der Waals surface area contributed by atoms with Crippen LogP contribution in [0.15, 0.2) is 11.4 Å². The third-order valence-corrected chi connectivity index (χ3v) is 5.04. The molecule has 0 aliphatic carbocycles. The second-order valence-electron chi connectivity index (χ2n) is 6.07. The minimum absolute atomic E-state index is 0.112. The third-order valence-electron chi connectivity index (χ3n) is 4.13. The Kier molecular flexibility index (Phi) is 5.37. The van der Waals surface area contributed by atoms with E-state index in [-0.39, 0.29) is 10.7 Å². The van der Waals surface area contributed by atoms with Crippen LogP contribution in [0.4, 0.5) is 5.82 Å². The minimum atomic E-state index is -1.50.